The van der Waals surface area contributed by atoms with Gasteiger partial charge in [0.1, 0.15) is 6.61 Å². The number of carbonyl (C=O) groups is 1. The molecular weight excluding hydrogens is 370 g/mol. The second-order valence-corrected chi connectivity index (χ2v) is 7.47. The van der Waals surface area contributed by atoms with E-state index in [-0.39, 0.29) is 29.2 Å². The normalized spacial score (nSPS) is 15.2. The first-order valence-corrected chi connectivity index (χ1v) is 9.81. The number of aryl methyl sites for hydroxylation is 1. The molecule has 7 heteroatoms. The molecule has 0 unspecified atom stereocenters. The molecule has 1 heterocycles. The van der Waals surface area contributed by atoms with Gasteiger partial charge in [-0.2, -0.15) is 0 Å². The molecule has 0 radical (unpaired) electrons. The number of likely N-dealkylation sites (tertiary alicyclic amines) is 1. The van der Waals surface area contributed by atoms with Crippen molar-refractivity contribution in [1.29, 1.82) is 0 Å². The monoisotopic (exact) mass is 397 g/mol. The third-order valence-corrected chi connectivity index (χ3v) is 5.30. The Labute approximate surface area is 171 Å². The fraction of sp³-hybridized carbons (Fsp3) is 0.409. The summed E-state index contributed by atoms with van der Waals surface area (Å²) in [5.74, 6) is -0.0338. The molecule has 2 aromatic carbocycles. The average Bonchev–Trinajstić information content (AvgIpc) is 2.71. The van der Waals surface area contributed by atoms with Gasteiger partial charge in [0.25, 0.3) is 11.6 Å². The molecule has 1 saturated heterocycles. The number of hydrogen-bond donors (Lipinski definition) is 0. The van der Waals surface area contributed by atoms with Crippen molar-refractivity contribution in [2.75, 3.05) is 31.7 Å². The van der Waals surface area contributed by atoms with Crippen LogP contribution in [0.2, 0.25) is 0 Å². The van der Waals surface area contributed by atoms with Crippen molar-refractivity contribution in [1.82, 2.24) is 4.90 Å². The number of benzene rings is 2. The zero-order chi connectivity index (χ0) is 20.8. The Bertz CT molecular complexity index is 845. The van der Waals surface area contributed by atoms with Crippen LogP contribution >= 0.6 is 0 Å². The predicted molar refractivity (Wildman–Crippen MR) is 112 cm³/mol. The molecule has 1 fully saturated rings. The Balaban J connectivity index is 1.66. The number of rotatable bonds is 7. The molecule has 1 aliphatic rings. The largest absolute Gasteiger partial charge is 0.375 e. The van der Waals surface area contributed by atoms with Gasteiger partial charge in [0.2, 0.25) is 0 Å². The molecule has 0 saturated carbocycles. The first-order valence-electron chi connectivity index (χ1n) is 9.81. The molecule has 3 rings (SSSR count). The molecule has 0 atom stereocenters. The number of amides is 1. The van der Waals surface area contributed by atoms with Crippen molar-refractivity contribution in [3.05, 3.63) is 69.8 Å². The number of methoxy groups -OCH3 is 1. The third kappa shape index (κ3) is 5.40. The summed E-state index contributed by atoms with van der Waals surface area (Å²) >= 11 is 0. The van der Waals surface area contributed by atoms with Gasteiger partial charge in [-0.1, -0.05) is 29.8 Å². The van der Waals surface area contributed by atoms with E-state index in [9.17, 15) is 14.9 Å². The number of hydrogen-bond acceptors (Lipinski definition) is 5. The minimum absolute atomic E-state index is 0.0338. The molecule has 0 spiro atoms. The van der Waals surface area contributed by atoms with Gasteiger partial charge in [0.15, 0.2) is 0 Å². The molecule has 1 aliphatic heterocycles. The van der Waals surface area contributed by atoms with Gasteiger partial charge < -0.3 is 9.64 Å². The summed E-state index contributed by atoms with van der Waals surface area (Å²) in [5, 5.41) is 11.0. The number of carbonyl (C=O) groups excluding carboxylic acids is 1. The molecule has 154 valence electrons. The van der Waals surface area contributed by atoms with Crippen LogP contribution in [-0.4, -0.2) is 48.6 Å². The highest BCUT2D eigenvalue weighted by molar-refractivity contribution is 5.94. The van der Waals surface area contributed by atoms with Gasteiger partial charge in [-0.05, 0) is 37.5 Å². The maximum Gasteiger partial charge on any atom is 0.269 e. The van der Waals surface area contributed by atoms with Crippen molar-refractivity contribution in [3.8, 4) is 0 Å². The summed E-state index contributed by atoms with van der Waals surface area (Å²) in [6.07, 6.45) is 1.69. The van der Waals surface area contributed by atoms with Crippen LogP contribution in [0.4, 0.5) is 11.4 Å². The lowest BCUT2D eigenvalue weighted by Gasteiger charge is -2.38. The van der Waals surface area contributed by atoms with Gasteiger partial charge >= 0.3 is 0 Å². The Morgan fingerprint density at radius 3 is 2.52 bits per heavy atom. The van der Waals surface area contributed by atoms with Gasteiger partial charge in [-0.25, -0.2) is 0 Å². The van der Waals surface area contributed by atoms with Gasteiger partial charge in [0, 0.05) is 50.6 Å². The fourth-order valence-corrected chi connectivity index (χ4v) is 3.82. The average molecular weight is 397 g/mol. The maximum atomic E-state index is 12.7. The molecule has 0 N–H and O–H groups in total. The predicted octanol–water partition coefficient (Wildman–Crippen LogP) is 3.55. The van der Waals surface area contributed by atoms with E-state index in [1.807, 2.05) is 42.2 Å². The standard InChI is InChI=1S/C22H27N3O4/c1-17-6-8-19(9-7-17)24(22(26)16-29-2)20-10-12-23(13-11-20)15-18-4-3-5-21(14-18)25(27)28/h3-9,14,20H,10-13,15-16H2,1-2H3. The Hall–Kier alpha value is -2.77. The summed E-state index contributed by atoms with van der Waals surface area (Å²) in [7, 11) is 1.53. The molecule has 7 nitrogen and oxygen atoms in total. The van der Waals surface area contributed by atoms with Gasteiger partial charge in [0.05, 0.1) is 4.92 Å². The van der Waals surface area contributed by atoms with Crippen molar-refractivity contribution in [2.45, 2.75) is 32.4 Å². The summed E-state index contributed by atoms with van der Waals surface area (Å²) in [6, 6.07) is 14.9. The van der Waals surface area contributed by atoms with Crippen LogP contribution in [0.3, 0.4) is 0 Å². The van der Waals surface area contributed by atoms with Gasteiger partial charge in [-0.3, -0.25) is 19.8 Å². The van der Waals surface area contributed by atoms with Crippen LogP contribution in [0.25, 0.3) is 0 Å². The maximum absolute atomic E-state index is 12.7. The lowest BCUT2D eigenvalue weighted by Crippen LogP contribution is -2.48. The molecule has 1 amide bonds. The van der Waals surface area contributed by atoms with E-state index in [1.165, 1.54) is 13.2 Å². The van der Waals surface area contributed by atoms with Crippen molar-refractivity contribution in [3.63, 3.8) is 0 Å². The van der Waals surface area contributed by atoms with Crippen molar-refractivity contribution >= 4 is 17.3 Å². The lowest BCUT2D eigenvalue weighted by atomic mass is 10.0. The Kier molecular flexibility index (Phi) is 6.95. The summed E-state index contributed by atoms with van der Waals surface area (Å²) in [4.78, 5) is 27.5. The number of nitrogens with zero attached hydrogens (tertiary/aromatic N) is 3. The van der Waals surface area contributed by atoms with Gasteiger partial charge in [-0.15, -0.1) is 0 Å². The summed E-state index contributed by atoms with van der Waals surface area (Å²) in [6.45, 7) is 4.41. The van der Waals surface area contributed by atoms with E-state index >= 15 is 0 Å². The quantitative estimate of drug-likeness (QED) is 0.528. The lowest BCUT2D eigenvalue weighted by molar-refractivity contribution is -0.384. The van der Waals surface area contributed by atoms with Crippen LogP contribution in [0.15, 0.2) is 48.5 Å². The minimum Gasteiger partial charge on any atom is -0.375 e. The fourth-order valence-electron chi connectivity index (χ4n) is 3.82. The Morgan fingerprint density at radius 2 is 1.90 bits per heavy atom. The van der Waals surface area contributed by atoms with Crippen LogP contribution in [0, 0.1) is 17.0 Å². The Morgan fingerprint density at radius 1 is 1.21 bits per heavy atom. The topological polar surface area (TPSA) is 75.9 Å². The number of nitro groups is 1. The molecule has 29 heavy (non-hydrogen) atoms. The number of ether oxygens (including phenoxy) is 1. The smallest absolute Gasteiger partial charge is 0.269 e. The highest BCUT2D eigenvalue weighted by atomic mass is 16.6. The van der Waals surface area contributed by atoms with Crippen LogP contribution in [0.5, 0.6) is 0 Å². The molecular formula is C22H27N3O4. The number of nitro benzene ring substituents is 1. The molecule has 0 aromatic heterocycles. The number of non-ortho nitro benzene ring substituents is 1. The van der Waals surface area contributed by atoms with Crippen LogP contribution < -0.4 is 4.90 Å². The minimum atomic E-state index is -0.364. The number of piperidine rings is 1. The number of anilines is 1. The van der Waals surface area contributed by atoms with E-state index in [0.717, 1.165) is 42.7 Å². The van der Waals surface area contributed by atoms with E-state index < -0.39 is 0 Å². The summed E-state index contributed by atoms with van der Waals surface area (Å²) in [5.41, 5.74) is 3.10. The van der Waals surface area contributed by atoms with Crippen molar-refractivity contribution < 1.29 is 14.5 Å². The molecule has 0 aliphatic carbocycles. The zero-order valence-corrected chi connectivity index (χ0v) is 16.9. The second-order valence-electron chi connectivity index (χ2n) is 7.47. The van der Waals surface area contributed by atoms with Crippen molar-refractivity contribution in [2.24, 2.45) is 0 Å². The first-order chi connectivity index (χ1) is 14.0. The first kappa shape index (κ1) is 21.0. The molecule has 0 bridgehead atoms. The SMILES string of the molecule is COCC(=O)N(c1ccc(C)cc1)C1CCN(Cc2cccc([N+](=O)[O-])c2)CC1. The highest BCUT2D eigenvalue weighted by Gasteiger charge is 2.29. The third-order valence-electron chi connectivity index (χ3n) is 5.30. The van der Waals surface area contributed by atoms with Crippen LogP contribution in [0.1, 0.15) is 24.0 Å². The van der Waals surface area contributed by atoms with E-state index in [1.54, 1.807) is 12.1 Å². The molecule has 2 aromatic rings. The van der Waals surface area contributed by atoms with E-state index in [0.29, 0.717) is 6.54 Å². The van der Waals surface area contributed by atoms with Crippen LogP contribution in [-0.2, 0) is 16.1 Å². The second kappa shape index (κ2) is 9.62. The zero-order valence-electron chi connectivity index (χ0n) is 16.9. The highest BCUT2D eigenvalue weighted by Crippen LogP contribution is 2.26. The van der Waals surface area contributed by atoms with E-state index in [4.69, 9.17) is 4.74 Å². The van der Waals surface area contributed by atoms with E-state index in [2.05, 4.69) is 4.90 Å². The summed E-state index contributed by atoms with van der Waals surface area (Å²) < 4.78 is 5.09.